The minimum absolute atomic E-state index is 0.282. The zero-order valence-corrected chi connectivity index (χ0v) is 16.2. The van der Waals surface area contributed by atoms with E-state index in [1.165, 1.54) is 0 Å². The van der Waals surface area contributed by atoms with E-state index in [0.717, 1.165) is 24.1 Å². The summed E-state index contributed by atoms with van der Waals surface area (Å²) < 4.78 is 6.30. The van der Waals surface area contributed by atoms with Crippen LogP contribution in [0.5, 0.6) is 5.75 Å². The first kappa shape index (κ1) is 19.9. The van der Waals surface area contributed by atoms with Crippen molar-refractivity contribution in [1.82, 2.24) is 15.5 Å². The highest BCUT2D eigenvalue weighted by molar-refractivity contribution is 9.10. The quantitative estimate of drug-likeness (QED) is 0.655. The maximum Gasteiger partial charge on any atom is 0.261 e. The average molecular weight is 402 g/mol. The number of carbonyl (C=O) groups is 1. The Bertz CT molecular complexity index is 536. The Hall–Kier alpha value is -1.18. The molecular weight excluding hydrogens is 378 g/mol. The van der Waals surface area contributed by atoms with Gasteiger partial charge in [-0.3, -0.25) is 10.1 Å². The fourth-order valence-corrected chi connectivity index (χ4v) is 2.60. The predicted molar refractivity (Wildman–Crippen MR) is 101 cm³/mol. The molecule has 1 rings (SSSR count). The van der Waals surface area contributed by atoms with Gasteiger partial charge >= 0.3 is 0 Å². The number of likely N-dealkylation sites (N-methyl/N-ethyl adjacent to an activating group) is 1. The van der Waals surface area contributed by atoms with Gasteiger partial charge in [0.05, 0.1) is 12.2 Å². The number of rotatable bonds is 8. The molecule has 1 aromatic rings. The zero-order chi connectivity index (χ0) is 17.2. The summed E-state index contributed by atoms with van der Waals surface area (Å²) in [5.74, 6) is 0.259. The lowest BCUT2D eigenvalue weighted by Gasteiger charge is -2.19. The lowest BCUT2D eigenvalue weighted by atomic mass is 10.2. The van der Waals surface area contributed by atoms with Crippen LogP contribution in [0.4, 0.5) is 0 Å². The third kappa shape index (κ3) is 6.85. The van der Waals surface area contributed by atoms with Gasteiger partial charge in [0.25, 0.3) is 5.91 Å². The SMILES string of the molecule is CCOc1ccc(Br)cc1C(=O)NC(=S)NCCN(CC)CC. The van der Waals surface area contributed by atoms with Crippen LogP contribution in [0.15, 0.2) is 22.7 Å². The van der Waals surface area contributed by atoms with Crippen LogP contribution in [0, 0.1) is 0 Å². The number of nitrogens with zero attached hydrogens (tertiary/aromatic N) is 1. The molecule has 128 valence electrons. The highest BCUT2D eigenvalue weighted by Gasteiger charge is 2.14. The molecule has 0 fully saturated rings. The number of carbonyl (C=O) groups excluding carboxylic acids is 1. The molecule has 0 spiro atoms. The van der Waals surface area contributed by atoms with E-state index in [9.17, 15) is 4.79 Å². The number of benzene rings is 1. The van der Waals surface area contributed by atoms with Crippen molar-refractivity contribution in [3.63, 3.8) is 0 Å². The second kappa shape index (κ2) is 10.6. The standard InChI is InChI=1S/C16H24BrN3O2S/c1-4-20(5-2)10-9-18-16(23)19-15(21)13-11-12(17)7-8-14(13)22-6-3/h7-8,11H,4-6,9-10H2,1-3H3,(H2,18,19,21,23). The third-order valence-electron chi connectivity index (χ3n) is 3.32. The van der Waals surface area contributed by atoms with E-state index in [2.05, 4.69) is 45.3 Å². The molecule has 0 aromatic heterocycles. The summed E-state index contributed by atoms with van der Waals surface area (Å²) in [6.45, 7) is 10.2. The maximum atomic E-state index is 12.4. The lowest BCUT2D eigenvalue weighted by Crippen LogP contribution is -2.42. The van der Waals surface area contributed by atoms with Gasteiger partial charge in [0.15, 0.2) is 5.11 Å². The van der Waals surface area contributed by atoms with E-state index in [-0.39, 0.29) is 5.91 Å². The average Bonchev–Trinajstić information content (AvgIpc) is 2.53. The molecule has 0 aliphatic rings. The topological polar surface area (TPSA) is 53.6 Å². The van der Waals surface area contributed by atoms with Crippen LogP contribution in [-0.4, -0.2) is 48.7 Å². The van der Waals surface area contributed by atoms with Crippen molar-refractivity contribution in [3.8, 4) is 5.75 Å². The Morgan fingerprint density at radius 1 is 1.30 bits per heavy atom. The van der Waals surface area contributed by atoms with Crippen LogP contribution in [-0.2, 0) is 0 Å². The second-order valence-corrected chi connectivity index (χ2v) is 6.13. The van der Waals surface area contributed by atoms with E-state index in [1.54, 1.807) is 12.1 Å². The lowest BCUT2D eigenvalue weighted by molar-refractivity contribution is 0.0973. The van der Waals surface area contributed by atoms with Gasteiger partial charge < -0.3 is 15.0 Å². The molecule has 1 aromatic carbocycles. The molecule has 1 amide bonds. The molecule has 23 heavy (non-hydrogen) atoms. The highest BCUT2D eigenvalue weighted by Crippen LogP contribution is 2.23. The van der Waals surface area contributed by atoms with Crippen LogP contribution >= 0.6 is 28.1 Å². The van der Waals surface area contributed by atoms with Gasteiger partial charge in [0.1, 0.15) is 5.75 Å². The van der Waals surface area contributed by atoms with E-state index >= 15 is 0 Å². The number of nitrogens with one attached hydrogen (secondary N) is 2. The molecule has 0 heterocycles. The molecule has 7 heteroatoms. The van der Waals surface area contributed by atoms with Crippen molar-refractivity contribution in [2.45, 2.75) is 20.8 Å². The summed E-state index contributed by atoms with van der Waals surface area (Å²) in [4.78, 5) is 14.6. The predicted octanol–water partition coefficient (Wildman–Crippen LogP) is 2.79. The first-order valence-electron chi connectivity index (χ1n) is 7.75. The fourth-order valence-electron chi connectivity index (χ4n) is 2.04. The first-order chi connectivity index (χ1) is 11.0. The number of amides is 1. The third-order valence-corrected chi connectivity index (χ3v) is 4.06. The number of halogens is 1. The molecule has 5 nitrogen and oxygen atoms in total. The Kier molecular flexibility index (Phi) is 9.13. The molecule has 0 aliphatic carbocycles. The van der Waals surface area contributed by atoms with Gasteiger partial charge in [-0.05, 0) is 50.4 Å². The van der Waals surface area contributed by atoms with E-state index in [4.69, 9.17) is 17.0 Å². The van der Waals surface area contributed by atoms with Crippen LogP contribution in [0.2, 0.25) is 0 Å². The summed E-state index contributed by atoms with van der Waals surface area (Å²) in [6.07, 6.45) is 0. The number of hydrogen-bond acceptors (Lipinski definition) is 4. The Labute approximate surface area is 151 Å². The van der Waals surface area contributed by atoms with Gasteiger partial charge in [-0.1, -0.05) is 29.8 Å². The number of hydrogen-bond donors (Lipinski definition) is 2. The largest absolute Gasteiger partial charge is 0.493 e. The van der Waals surface area contributed by atoms with Gasteiger partial charge in [0, 0.05) is 17.6 Å². The van der Waals surface area contributed by atoms with Crippen molar-refractivity contribution in [1.29, 1.82) is 0 Å². The van der Waals surface area contributed by atoms with Crippen LogP contribution in [0.25, 0.3) is 0 Å². The van der Waals surface area contributed by atoms with Crippen molar-refractivity contribution in [2.75, 3.05) is 32.8 Å². The van der Waals surface area contributed by atoms with Crippen molar-refractivity contribution in [2.24, 2.45) is 0 Å². The Balaban J connectivity index is 2.58. The van der Waals surface area contributed by atoms with Crippen LogP contribution in [0.3, 0.4) is 0 Å². The first-order valence-corrected chi connectivity index (χ1v) is 8.95. The van der Waals surface area contributed by atoms with Gasteiger partial charge in [-0.25, -0.2) is 0 Å². The molecule has 0 saturated heterocycles. The van der Waals surface area contributed by atoms with Gasteiger partial charge in [0.2, 0.25) is 0 Å². The molecule has 0 saturated carbocycles. The van der Waals surface area contributed by atoms with Crippen LogP contribution < -0.4 is 15.4 Å². The minimum Gasteiger partial charge on any atom is -0.493 e. The molecule has 0 aliphatic heterocycles. The fraction of sp³-hybridized carbons (Fsp3) is 0.500. The summed E-state index contributed by atoms with van der Waals surface area (Å²) in [7, 11) is 0. The number of ether oxygens (including phenoxy) is 1. The van der Waals surface area contributed by atoms with Crippen LogP contribution in [0.1, 0.15) is 31.1 Å². The van der Waals surface area contributed by atoms with Gasteiger partial charge in [-0.2, -0.15) is 0 Å². The molecule has 0 unspecified atom stereocenters. The Morgan fingerprint density at radius 2 is 2.00 bits per heavy atom. The summed E-state index contributed by atoms with van der Waals surface area (Å²) >= 11 is 8.55. The summed E-state index contributed by atoms with van der Waals surface area (Å²) in [5, 5.41) is 6.07. The molecule has 0 radical (unpaired) electrons. The smallest absolute Gasteiger partial charge is 0.261 e. The highest BCUT2D eigenvalue weighted by atomic mass is 79.9. The van der Waals surface area contributed by atoms with E-state index < -0.39 is 0 Å². The van der Waals surface area contributed by atoms with Gasteiger partial charge in [-0.15, -0.1) is 0 Å². The van der Waals surface area contributed by atoms with Crippen molar-refractivity contribution < 1.29 is 9.53 Å². The molecule has 0 bridgehead atoms. The second-order valence-electron chi connectivity index (χ2n) is 4.81. The Morgan fingerprint density at radius 3 is 2.61 bits per heavy atom. The monoisotopic (exact) mass is 401 g/mol. The molecule has 2 N–H and O–H groups in total. The summed E-state index contributed by atoms with van der Waals surface area (Å²) in [6, 6.07) is 5.32. The van der Waals surface area contributed by atoms with E-state index in [1.807, 2.05) is 13.0 Å². The molecular formula is C16H24BrN3O2S. The summed E-state index contributed by atoms with van der Waals surface area (Å²) in [5.41, 5.74) is 0.453. The maximum absolute atomic E-state index is 12.4. The minimum atomic E-state index is -0.282. The molecule has 0 atom stereocenters. The number of thiocarbonyl (C=S) groups is 1. The van der Waals surface area contributed by atoms with Crippen molar-refractivity contribution >= 4 is 39.2 Å². The van der Waals surface area contributed by atoms with E-state index in [0.29, 0.717) is 29.6 Å². The normalized spacial score (nSPS) is 10.5. The zero-order valence-electron chi connectivity index (χ0n) is 13.8. The van der Waals surface area contributed by atoms with Crippen molar-refractivity contribution in [3.05, 3.63) is 28.2 Å².